The van der Waals surface area contributed by atoms with Crippen molar-refractivity contribution in [1.29, 1.82) is 0 Å². The molecule has 1 aromatic carbocycles. The molecule has 0 saturated heterocycles. The third-order valence-corrected chi connectivity index (χ3v) is 3.06. The number of hydrogen-bond acceptors (Lipinski definition) is 2. The highest BCUT2D eigenvalue weighted by Crippen LogP contribution is 2.42. The van der Waals surface area contributed by atoms with Crippen molar-refractivity contribution in [3.8, 4) is 5.75 Å². The predicted octanol–water partition coefficient (Wildman–Crippen LogP) is 3.44. The van der Waals surface area contributed by atoms with E-state index in [1.54, 1.807) is 0 Å². The van der Waals surface area contributed by atoms with Gasteiger partial charge in [-0.25, -0.2) is 0 Å². The van der Waals surface area contributed by atoms with Gasteiger partial charge in [0.25, 0.3) is 0 Å². The third kappa shape index (κ3) is 2.77. The molecule has 1 aromatic rings. The zero-order valence-corrected chi connectivity index (χ0v) is 10.3. The second kappa shape index (κ2) is 4.46. The van der Waals surface area contributed by atoms with Crippen LogP contribution in [0.5, 0.6) is 5.75 Å². The van der Waals surface area contributed by atoms with E-state index in [0.717, 1.165) is 11.3 Å². The maximum absolute atomic E-state index is 12.1. The molecule has 1 aliphatic heterocycles. The molecule has 1 N–H and O–H groups in total. The average molecular weight is 259 g/mol. The van der Waals surface area contributed by atoms with Crippen molar-refractivity contribution in [3.63, 3.8) is 0 Å². The van der Waals surface area contributed by atoms with Crippen LogP contribution < -0.4 is 10.1 Å². The second-order valence-electron chi connectivity index (χ2n) is 5.00. The lowest BCUT2D eigenvalue weighted by atomic mass is 9.94. The summed E-state index contributed by atoms with van der Waals surface area (Å²) in [6.07, 6.45) is -4.96. The summed E-state index contributed by atoms with van der Waals surface area (Å²) < 4.78 is 42.2. The lowest BCUT2D eigenvalue weighted by molar-refractivity contribution is -0.134. The topological polar surface area (TPSA) is 21.3 Å². The monoisotopic (exact) mass is 259 g/mol. The molecule has 100 valence electrons. The normalized spacial score (nSPS) is 21.5. The first-order chi connectivity index (χ1) is 8.30. The number of halogens is 3. The number of para-hydroxylation sites is 1. The molecule has 0 spiro atoms. The number of hydrogen-bond donors (Lipinski definition) is 1. The van der Waals surface area contributed by atoms with Crippen molar-refractivity contribution >= 4 is 0 Å². The van der Waals surface area contributed by atoms with Crippen molar-refractivity contribution < 1.29 is 17.9 Å². The highest BCUT2D eigenvalue weighted by molar-refractivity contribution is 5.42. The Morgan fingerprint density at radius 1 is 1.28 bits per heavy atom. The van der Waals surface area contributed by atoms with Crippen molar-refractivity contribution in [1.82, 2.24) is 5.32 Å². The summed E-state index contributed by atoms with van der Waals surface area (Å²) in [5.74, 6) is 0.743. The van der Waals surface area contributed by atoms with Gasteiger partial charge >= 0.3 is 6.18 Å². The zero-order chi connectivity index (χ0) is 13.4. The van der Waals surface area contributed by atoms with E-state index in [9.17, 15) is 13.2 Å². The molecule has 2 nitrogen and oxygen atoms in total. The van der Waals surface area contributed by atoms with Gasteiger partial charge in [0.2, 0.25) is 0 Å². The number of nitrogens with one attached hydrogen (secondary N) is 1. The SMILES string of the molecule is CC1(C)Oc2ccccc2C1NCCC(F)(F)F. The summed E-state index contributed by atoms with van der Waals surface area (Å²) >= 11 is 0. The first-order valence-electron chi connectivity index (χ1n) is 5.88. The summed E-state index contributed by atoms with van der Waals surface area (Å²) in [6.45, 7) is 3.64. The van der Waals surface area contributed by atoms with Crippen LogP contribution in [0.15, 0.2) is 24.3 Å². The van der Waals surface area contributed by atoms with E-state index < -0.39 is 18.2 Å². The number of ether oxygens (including phenoxy) is 1. The Hall–Kier alpha value is -1.23. The van der Waals surface area contributed by atoms with Gasteiger partial charge in [-0.05, 0) is 19.9 Å². The van der Waals surface area contributed by atoms with Crippen LogP contribution in [0.3, 0.4) is 0 Å². The number of benzene rings is 1. The molecule has 0 aliphatic carbocycles. The predicted molar refractivity (Wildman–Crippen MR) is 62.6 cm³/mol. The summed E-state index contributed by atoms with van der Waals surface area (Å²) in [6, 6.07) is 7.23. The lowest BCUT2D eigenvalue weighted by Gasteiger charge is -2.27. The van der Waals surface area contributed by atoms with E-state index in [0.29, 0.717) is 0 Å². The van der Waals surface area contributed by atoms with Gasteiger partial charge in [0.05, 0.1) is 12.5 Å². The molecule has 1 atom stereocenters. The zero-order valence-electron chi connectivity index (χ0n) is 10.3. The van der Waals surface area contributed by atoms with Gasteiger partial charge < -0.3 is 10.1 Å². The minimum absolute atomic E-state index is 0.102. The van der Waals surface area contributed by atoms with Gasteiger partial charge in [-0.2, -0.15) is 13.2 Å². The Morgan fingerprint density at radius 3 is 2.61 bits per heavy atom. The highest BCUT2D eigenvalue weighted by atomic mass is 19.4. The van der Waals surface area contributed by atoms with Crippen LogP contribution in [0.2, 0.25) is 0 Å². The summed E-state index contributed by atoms with van der Waals surface area (Å²) in [4.78, 5) is 0. The Balaban J connectivity index is 2.07. The molecule has 0 bridgehead atoms. The third-order valence-electron chi connectivity index (χ3n) is 3.06. The van der Waals surface area contributed by atoms with Gasteiger partial charge in [-0.1, -0.05) is 18.2 Å². The van der Waals surface area contributed by atoms with Crippen molar-refractivity contribution in [2.45, 2.75) is 38.1 Å². The smallest absolute Gasteiger partial charge is 0.390 e. The fourth-order valence-corrected chi connectivity index (χ4v) is 2.24. The van der Waals surface area contributed by atoms with Crippen LogP contribution in [-0.2, 0) is 0 Å². The number of fused-ring (bicyclic) bond motifs is 1. The quantitative estimate of drug-likeness (QED) is 0.897. The molecule has 0 radical (unpaired) electrons. The average Bonchev–Trinajstić information content (AvgIpc) is 2.48. The van der Waals surface area contributed by atoms with E-state index in [4.69, 9.17) is 4.74 Å². The fraction of sp³-hybridized carbons (Fsp3) is 0.538. The van der Waals surface area contributed by atoms with Crippen LogP contribution >= 0.6 is 0 Å². The Labute approximate surface area is 104 Å². The lowest BCUT2D eigenvalue weighted by Crippen LogP contribution is -2.40. The van der Waals surface area contributed by atoms with Crippen LogP contribution in [-0.4, -0.2) is 18.3 Å². The van der Waals surface area contributed by atoms with E-state index >= 15 is 0 Å². The molecule has 0 fully saturated rings. The maximum Gasteiger partial charge on any atom is 0.390 e. The molecule has 1 heterocycles. The molecular formula is C13H16F3NO. The first kappa shape index (κ1) is 13.2. The van der Waals surface area contributed by atoms with E-state index in [-0.39, 0.29) is 12.6 Å². The molecule has 0 aromatic heterocycles. The summed E-state index contributed by atoms with van der Waals surface area (Å²) in [5, 5.41) is 2.94. The summed E-state index contributed by atoms with van der Waals surface area (Å²) in [5.41, 5.74) is 0.389. The van der Waals surface area contributed by atoms with Crippen LogP contribution in [0, 0.1) is 0 Å². The minimum Gasteiger partial charge on any atom is -0.486 e. The Morgan fingerprint density at radius 2 is 1.94 bits per heavy atom. The van der Waals surface area contributed by atoms with Crippen molar-refractivity contribution in [3.05, 3.63) is 29.8 Å². The number of rotatable bonds is 3. The van der Waals surface area contributed by atoms with Gasteiger partial charge in [-0.3, -0.25) is 0 Å². The standard InChI is InChI=1S/C13H16F3NO/c1-12(2)11(17-8-7-13(14,15)16)9-5-3-4-6-10(9)18-12/h3-6,11,17H,7-8H2,1-2H3. The number of alkyl halides is 3. The molecule has 5 heteroatoms. The van der Waals surface area contributed by atoms with E-state index in [1.807, 2.05) is 38.1 Å². The van der Waals surface area contributed by atoms with Crippen molar-refractivity contribution in [2.24, 2.45) is 0 Å². The maximum atomic E-state index is 12.1. The Bertz CT molecular complexity index is 428. The summed E-state index contributed by atoms with van der Waals surface area (Å²) in [7, 11) is 0. The van der Waals surface area contributed by atoms with Gasteiger partial charge in [0, 0.05) is 12.1 Å². The molecular weight excluding hydrogens is 243 g/mol. The molecule has 1 unspecified atom stereocenters. The Kier molecular flexibility index (Phi) is 3.27. The minimum atomic E-state index is -4.13. The van der Waals surface area contributed by atoms with Gasteiger partial charge in [-0.15, -0.1) is 0 Å². The fourth-order valence-electron chi connectivity index (χ4n) is 2.24. The molecule has 0 saturated carbocycles. The van der Waals surface area contributed by atoms with Crippen LogP contribution in [0.25, 0.3) is 0 Å². The highest BCUT2D eigenvalue weighted by Gasteiger charge is 2.41. The van der Waals surface area contributed by atoms with Gasteiger partial charge in [0.15, 0.2) is 0 Å². The van der Waals surface area contributed by atoms with E-state index in [2.05, 4.69) is 5.32 Å². The second-order valence-corrected chi connectivity index (χ2v) is 5.00. The molecule has 1 aliphatic rings. The molecule has 0 amide bonds. The van der Waals surface area contributed by atoms with Gasteiger partial charge in [0.1, 0.15) is 11.4 Å². The van der Waals surface area contributed by atoms with E-state index in [1.165, 1.54) is 0 Å². The largest absolute Gasteiger partial charge is 0.486 e. The molecule has 2 rings (SSSR count). The van der Waals surface area contributed by atoms with Crippen LogP contribution in [0.1, 0.15) is 31.9 Å². The van der Waals surface area contributed by atoms with Crippen molar-refractivity contribution in [2.75, 3.05) is 6.54 Å². The molecule has 18 heavy (non-hydrogen) atoms. The van der Waals surface area contributed by atoms with Crippen LogP contribution in [0.4, 0.5) is 13.2 Å². The first-order valence-corrected chi connectivity index (χ1v) is 5.88.